The van der Waals surface area contributed by atoms with Gasteiger partial charge in [0.1, 0.15) is 0 Å². The Kier molecular flexibility index (Phi) is 6.93. The third-order valence-electron chi connectivity index (χ3n) is 4.88. The Morgan fingerprint density at radius 2 is 1.77 bits per heavy atom. The summed E-state index contributed by atoms with van der Waals surface area (Å²) in [7, 11) is 2.03. The average molecular weight is 422 g/mol. The Bertz CT molecular complexity index is 958. The van der Waals surface area contributed by atoms with Crippen molar-refractivity contribution in [3.05, 3.63) is 60.0 Å². The van der Waals surface area contributed by atoms with E-state index in [-0.39, 0.29) is 11.3 Å². The van der Waals surface area contributed by atoms with Gasteiger partial charge in [-0.25, -0.2) is 4.98 Å². The number of amides is 1. The van der Waals surface area contributed by atoms with Crippen LogP contribution < -0.4 is 10.2 Å². The molecule has 1 N–H and O–H groups in total. The van der Waals surface area contributed by atoms with E-state index in [4.69, 9.17) is 4.98 Å². The maximum atomic E-state index is 12.3. The van der Waals surface area contributed by atoms with Gasteiger partial charge in [-0.1, -0.05) is 58.0 Å². The van der Waals surface area contributed by atoms with Gasteiger partial charge in [0.05, 0.1) is 5.69 Å². The number of para-hydroxylation sites is 1. The van der Waals surface area contributed by atoms with Gasteiger partial charge in [0.25, 0.3) is 0 Å². The van der Waals surface area contributed by atoms with Crippen LogP contribution in [0.4, 0.5) is 16.5 Å². The van der Waals surface area contributed by atoms with Crippen molar-refractivity contribution in [2.24, 2.45) is 11.3 Å². The minimum absolute atomic E-state index is 0.0694. The molecule has 0 aliphatic carbocycles. The van der Waals surface area contributed by atoms with Crippen molar-refractivity contribution in [2.45, 2.75) is 40.5 Å². The highest BCUT2D eigenvalue weighted by molar-refractivity contribution is 7.14. The standard InChI is InChI=1S/C25H31N3OS/c1-18(16-25(2,3)4)15-23(29)26-20-13-11-19(12-14-20)22-17-30-24(27-22)28(5)21-9-7-6-8-10-21/h6-14,17-18H,15-16H2,1-5H3,(H,26,29)/t18-/m0/s1. The quantitative estimate of drug-likeness (QED) is 0.447. The van der Waals surface area contributed by atoms with E-state index in [1.807, 2.05) is 49.5 Å². The number of nitrogens with one attached hydrogen (secondary N) is 1. The molecule has 0 radical (unpaired) electrons. The maximum Gasteiger partial charge on any atom is 0.224 e. The smallest absolute Gasteiger partial charge is 0.224 e. The lowest BCUT2D eigenvalue weighted by molar-refractivity contribution is -0.117. The average Bonchev–Trinajstić information content (AvgIpc) is 3.17. The molecule has 0 saturated heterocycles. The highest BCUT2D eigenvalue weighted by Crippen LogP contribution is 2.31. The van der Waals surface area contributed by atoms with Gasteiger partial charge in [0, 0.05) is 35.8 Å². The molecule has 0 bridgehead atoms. The fraction of sp³-hybridized carbons (Fsp3) is 0.360. The monoisotopic (exact) mass is 421 g/mol. The lowest BCUT2D eigenvalue weighted by atomic mass is 9.84. The number of thiazole rings is 1. The first-order valence-electron chi connectivity index (χ1n) is 10.4. The molecule has 0 unspecified atom stereocenters. The Morgan fingerprint density at radius 1 is 1.10 bits per heavy atom. The fourth-order valence-corrected chi connectivity index (χ4v) is 4.50. The third-order valence-corrected chi connectivity index (χ3v) is 5.80. The fourth-order valence-electron chi connectivity index (χ4n) is 3.68. The first kappa shape index (κ1) is 22.0. The zero-order valence-electron chi connectivity index (χ0n) is 18.5. The molecule has 0 aliphatic heterocycles. The molecule has 0 saturated carbocycles. The molecule has 3 aromatic rings. The van der Waals surface area contributed by atoms with Crippen LogP contribution in [0.2, 0.25) is 0 Å². The lowest BCUT2D eigenvalue weighted by Gasteiger charge is -2.22. The number of hydrogen-bond acceptors (Lipinski definition) is 4. The number of benzene rings is 2. The van der Waals surface area contributed by atoms with Crippen molar-refractivity contribution >= 4 is 33.8 Å². The van der Waals surface area contributed by atoms with Gasteiger partial charge < -0.3 is 10.2 Å². The summed E-state index contributed by atoms with van der Waals surface area (Å²) in [5, 5.41) is 6.03. The van der Waals surface area contributed by atoms with Crippen molar-refractivity contribution in [3.8, 4) is 11.3 Å². The van der Waals surface area contributed by atoms with Crippen LogP contribution in [0.1, 0.15) is 40.5 Å². The van der Waals surface area contributed by atoms with Gasteiger partial charge in [-0.3, -0.25) is 4.79 Å². The molecule has 2 aromatic carbocycles. The molecule has 1 atom stereocenters. The van der Waals surface area contributed by atoms with Gasteiger partial charge in [0.2, 0.25) is 5.91 Å². The van der Waals surface area contributed by atoms with Gasteiger partial charge in [-0.15, -0.1) is 11.3 Å². The normalized spacial score (nSPS) is 12.4. The van der Waals surface area contributed by atoms with Crippen molar-refractivity contribution < 1.29 is 4.79 Å². The molecule has 1 heterocycles. The van der Waals surface area contributed by atoms with E-state index >= 15 is 0 Å². The van der Waals surface area contributed by atoms with Gasteiger partial charge in [-0.05, 0) is 42.0 Å². The van der Waals surface area contributed by atoms with E-state index in [1.165, 1.54) is 0 Å². The highest BCUT2D eigenvalue weighted by Gasteiger charge is 2.18. The van der Waals surface area contributed by atoms with Crippen LogP contribution in [0, 0.1) is 11.3 Å². The Labute approximate surface area is 184 Å². The molecule has 1 amide bonds. The highest BCUT2D eigenvalue weighted by atomic mass is 32.1. The van der Waals surface area contributed by atoms with Gasteiger partial charge in [-0.2, -0.15) is 0 Å². The number of anilines is 3. The number of aromatic nitrogens is 1. The number of hydrogen-bond donors (Lipinski definition) is 1. The second kappa shape index (κ2) is 9.43. The third kappa shape index (κ3) is 6.17. The summed E-state index contributed by atoms with van der Waals surface area (Å²) in [5.74, 6) is 0.430. The minimum atomic E-state index is 0.0694. The van der Waals surface area contributed by atoms with E-state index in [9.17, 15) is 4.79 Å². The number of nitrogens with zero attached hydrogens (tertiary/aromatic N) is 2. The summed E-state index contributed by atoms with van der Waals surface area (Å²) in [4.78, 5) is 19.2. The SMILES string of the molecule is C[C@@H](CC(=O)Nc1ccc(-c2csc(N(C)c3ccccc3)n2)cc1)CC(C)(C)C. The molecule has 0 spiro atoms. The molecule has 30 heavy (non-hydrogen) atoms. The summed E-state index contributed by atoms with van der Waals surface area (Å²) in [6.45, 7) is 8.77. The topological polar surface area (TPSA) is 45.2 Å². The summed E-state index contributed by atoms with van der Waals surface area (Å²) in [5.41, 5.74) is 4.15. The molecule has 0 fully saturated rings. The van der Waals surface area contributed by atoms with E-state index < -0.39 is 0 Å². The van der Waals surface area contributed by atoms with Crippen molar-refractivity contribution in [2.75, 3.05) is 17.3 Å². The molecule has 158 valence electrons. The number of carbonyl (C=O) groups is 1. The second-order valence-corrected chi connectivity index (χ2v) is 9.95. The Hall–Kier alpha value is -2.66. The van der Waals surface area contributed by atoms with Crippen LogP contribution >= 0.6 is 11.3 Å². The number of rotatable bonds is 7. The van der Waals surface area contributed by atoms with Crippen molar-refractivity contribution in [1.82, 2.24) is 4.98 Å². The zero-order valence-corrected chi connectivity index (χ0v) is 19.3. The minimum Gasteiger partial charge on any atom is -0.326 e. The largest absolute Gasteiger partial charge is 0.326 e. The van der Waals surface area contributed by atoms with Crippen LogP contribution in [0.25, 0.3) is 11.3 Å². The van der Waals surface area contributed by atoms with E-state index in [0.29, 0.717) is 12.3 Å². The summed E-state index contributed by atoms with van der Waals surface area (Å²) < 4.78 is 0. The molecular weight excluding hydrogens is 390 g/mol. The molecule has 3 rings (SSSR count). The number of carbonyl (C=O) groups excluding carboxylic acids is 1. The van der Waals surface area contributed by atoms with E-state index in [0.717, 1.165) is 34.2 Å². The second-order valence-electron chi connectivity index (χ2n) is 9.11. The van der Waals surface area contributed by atoms with Crippen LogP contribution in [0.3, 0.4) is 0 Å². The maximum absolute atomic E-state index is 12.3. The molecular formula is C25H31N3OS. The predicted octanol–water partition coefficient (Wildman–Crippen LogP) is 6.98. The molecule has 4 nitrogen and oxygen atoms in total. The summed E-state index contributed by atoms with van der Waals surface area (Å²) in [6, 6.07) is 18.1. The van der Waals surface area contributed by atoms with Gasteiger partial charge in [0.15, 0.2) is 5.13 Å². The van der Waals surface area contributed by atoms with Crippen LogP contribution in [0.15, 0.2) is 60.0 Å². The Morgan fingerprint density at radius 3 is 2.40 bits per heavy atom. The van der Waals surface area contributed by atoms with Crippen LogP contribution in [-0.2, 0) is 4.79 Å². The van der Waals surface area contributed by atoms with Crippen LogP contribution in [-0.4, -0.2) is 17.9 Å². The van der Waals surface area contributed by atoms with Gasteiger partial charge >= 0.3 is 0 Å². The zero-order chi connectivity index (χ0) is 21.7. The summed E-state index contributed by atoms with van der Waals surface area (Å²) in [6.07, 6.45) is 1.57. The molecule has 1 aromatic heterocycles. The van der Waals surface area contributed by atoms with Crippen molar-refractivity contribution in [1.29, 1.82) is 0 Å². The Balaban J connectivity index is 1.61. The van der Waals surface area contributed by atoms with Crippen molar-refractivity contribution in [3.63, 3.8) is 0 Å². The lowest BCUT2D eigenvalue weighted by Crippen LogP contribution is -2.18. The molecule has 0 aliphatic rings. The first-order chi connectivity index (χ1) is 14.2. The summed E-state index contributed by atoms with van der Waals surface area (Å²) >= 11 is 1.62. The first-order valence-corrected chi connectivity index (χ1v) is 11.2. The predicted molar refractivity (Wildman–Crippen MR) is 129 cm³/mol. The van der Waals surface area contributed by atoms with E-state index in [2.05, 4.69) is 55.4 Å². The molecule has 5 heteroatoms. The van der Waals surface area contributed by atoms with Crippen LogP contribution in [0.5, 0.6) is 0 Å². The van der Waals surface area contributed by atoms with E-state index in [1.54, 1.807) is 11.3 Å².